The van der Waals surface area contributed by atoms with E-state index in [0.29, 0.717) is 16.9 Å². The van der Waals surface area contributed by atoms with Gasteiger partial charge in [-0.1, -0.05) is 18.2 Å². The first-order valence-corrected chi connectivity index (χ1v) is 13.5. The van der Waals surface area contributed by atoms with Crippen molar-refractivity contribution in [1.82, 2.24) is 19.6 Å². The molecule has 1 fully saturated rings. The third kappa shape index (κ3) is 5.74. The number of benzene rings is 1. The number of esters is 1. The van der Waals surface area contributed by atoms with Gasteiger partial charge in [0.1, 0.15) is 46.7 Å². The number of carbonyl (C=O) groups excluding carboxylic acids is 1. The molecule has 2 aromatic heterocycles. The molecule has 0 saturated carbocycles. The van der Waals surface area contributed by atoms with Crippen molar-refractivity contribution in [3.63, 3.8) is 0 Å². The van der Waals surface area contributed by atoms with Gasteiger partial charge >= 0.3 is 13.7 Å². The quantitative estimate of drug-likeness (QED) is 0.192. The number of nitrogens with one attached hydrogen (secondary N) is 1. The maximum atomic E-state index is 13.7. The van der Waals surface area contributed by atoms with Gasteiger partial charge < -0.3 is 29.4 Å². The lowest BCUT2D eigenvalue weighted by Crippen LogP contribution is -2.40. The minimum atomic E-state index is -4.15. The summed E-state index contributed by atoms with van der Waals surface area (Å²) in [4.78, 5) is 19.1. The first-order valence-electron chi connectivity index (χ1n) is 11.6. The largest absolute Gasteiger partial charge is 0.465 e. The van der Waals surface area contributed by atoms with E-state index in [0.717, 1.165) is 0 Å². The zero-order valence-electron chi connectivity index (χ0n) is 20.5. The normalized spacial score (nSPS) is 26.0. The van der Waals surface area contributed by atoms with Crippen LogP contribution in [0.5, 0.6) is 5.75 Å². The Morgan fingerprint density at radius 2 is 2.08 bits per heavy atom. The van der Waals surface area contributed by atoms with E-state index in [4.69, 9.17) is 35.9 Å². The number of nitrogen functional groups attached to an aromatic ring is 1. The molecule has 0 aliphatic carbocycles. The van der Waals surface area contributed by atoms with E-state index in [2.05, 4.69) is 15.1 Å². The van der Waals surface area contributed by atoms with E-state index < -0.39 is 43.1 Å². The smallest absolute Gasteiger partial charge is 0.459 e. The third-order valence-electron chi connectivity index (χ3n) is 5.88. The summed E-state index contributed by atoms with van der Waals surface area (Å²) in [5.74, 6) is -0.0908. The molecule has 200 valence electrons. The van der Waals surface area contributed by atoms with Gasteiger partial charge in [-0.15, -0.1) is 11.6 Å². The van der Waals surface area contributed by atoms with E-state index in [-0.39, 0.29) is 19.0 Å². The van der Waals surface area contributed by atoms with E-state index in [1.807, 2.05) is 0 Å². The van der Waals surface area contributed by atoms with E-state index in [1.165, 1.54) is 13.3 Å². The Morgan fingerprint density at radius 1 is 1.35 bits per heavy atom. The summed E-state index contributed by atoms with van der Waals surface area (Å²) in [6.45, 7) is 4.52. The molecule has 1 unspecified atom stereocenters. The molecule has 0 amide bonds. The molecule has 0 spiro atoms. The Kier molecular flexibility index (Phi) is 8.08. The average Bonchev–Trinajstić information content (AvgIpc) is 3.38. The fourth-order valence-electron chi connectivity index (χ4n) is 3.97. The van der Waals surface area contributed by atoms with Crippen molar-refractivity contribution in [2.45, 2.75) is 50.1 Å². The summed E-state index contributed by atoms with van der Waals surface area (Å²) in [5.41, 5.74) is 6.41. The molecule has 1 saturated heterocycles. The van der Waals surface area contributed by atoms with Crippen molar-refractivity contribution in [2.24, 2.45) is 0 Å². The number of alkyl halides is 1. The van der Waals surface area contributed by atoms with Crippen LogP contribution < -0.4 is 15.3 Å². The van der Waals surface area contributed by atoms with Gasteiger partial charge in [-0.3, -0.25) is 9.32 Å². The number of hydrogen-bond acceptors (Lipinski definition) is 10. The molecule has 14 heteroatoms. The van der Waals surface area contributed by atoms with Crippen LogP contribution in [0.25, 0.3) is 11.0 Å². The summed E-state index contributed by atoms with van der Waals surface area (Å²) in [6, 6.07) is 9.04. The highest BCUT2D eigenvalue weighted by Gasteiger charge is 2.54. The molecule has 12 nitrogen and oxygen atoms in total. The number of aliphatic hydroxyl groups excluding tert-OH is 1. The van der Waals surface area contributed by atoms with Gasteiger partial charge in [0, 0.05) is 6.20 Å². The molecule has 1 aliphatic rings. The van der Waals surface area contributed by atoms with E-state index in [1.54, 1.807) is 61.0 Å². The molecule has 1 aromatic carbocycles. The molecule has 4 N–H and O–H groups in total. The van der Waals surface area contributed by atoms with Crippen LogP contribution in [-0.2, 0) is 23.4 Å². The second-order valence-electron chi connectivity index (χ2n) is 8.64. The number of para-hydroxylation sites is 1. The second kappa shape index (κ2) is 10.9. The van der Waals surface area contributed by atoms with Crippen molar-refractivity contribution in [3.05, 3.63) is 48.9 Å². The number of anilines is 1. The van der Waals surface area contributed by atoms with Crippen LogP contribution in [0.1, 0.15) is 27.0 Å². The molecule has 6 atom stereocenters. The zero-order chi connectivity index (χ0) is 26.8. The van der Waals surface area contributed by atoms with Crippen molar-refractivity contribution in [3.8, 4) is 5.75 Å². The Balaban J connectivity index is 1.54. The van der Waals surface area contributed by atoms with E-state index in [9.17, 15) is 14.5 Å². The van der Waals surface area contributed by atoms with Crippen LogP contribution in [0, 0.1) is 0 Å². The Hall–Kier alpha value is -2.73. The monoisotopic (exact) mass is 553 g/mol. The van der Waals surface area contributed by atoms with Gasteiger partial charge in [0.25, 0.3) is 0 Å². The van der Waals surface area contributed by atoms with Crippen LogP contribution in [0.15, 0.2) is 48.9 Å². The number of halogens is 1. The Bertz CT molecular complexity index is 1290. The van der Waals surface area contributed by atoms with Crippen molar-refractivity contribution >= 4 is 42.2 Å². The van der Waals surface area contributed by atoms with Gasteiger partial charge in [-0.2, -0.15) is 5.09 Å². The number of nitrogens with zero attached hydrogens (tertiary/aromatic N) is 3. The highest BCUT2D eigenvalue weighted by Crippen LogP contribution is 2.48. The predicted octanol–water partition coefficient (Wildman–Crippen LogP) is 3.01. The number of aromatic nitrogens is 3. The number of fused-ring (bicyclic) bond motifs is 1. The number of rotatable bonds is 10. The lowest BCUT2D eigenvalue weighted by atomic mass is 10.0. The minimum absolute atomic E-state index is 0.151. The first-order chi connectivity index (χ1) is 17.6. The minimum Gasteiger partial charge on any atom is -0.465 e. The van der Waals surface area contributed by atoms with Crippen molar-refractivity contribution in [2.75, 3.05) is 18.9 Å². The lowest BCUT2D eigenvalue weighted by Gasteiger charge is -2.27. The molecule has 37 heavy (non-hydrogen) atoms. The zero-order valence-corrected chi connectivity index (χ0v) is 22.1. The number of hydrogen-bond donors (Lipinski definition) is 3. The summed E-state index contributed by atoms with van der Waals surface area (Å²) in [6.07, 6.45) is -0.104. The van der Waals surface area contributed by atoms with Crippen LogP contribution in [0.3, 0.4) is 0 Å². The molecule has 3 aromatic rings. The molecular formula is C23H29ClN5O7P. The number of aliphatic hydroxyl groups is 1. The van der Waals surface area contributed by atoms with Gasteiger partial charge in [0.05, 0.1) is 18.6 Å². The predicted molar refractivity (Wildman–Crippen MR) is 136 cm³/mol. The second-order valence-corrected chi connectivity index (χ2v) is 11.2. The Labute approximate surface area is 218 Å². The fourth-order valence-corrected chi connectivity index (χ4v) is 5.77. The molecule has 0 radical (unpaired) electrons. The highest BCUT2D eigenvalue weighted by atomic mass is 35.5. The summed E-state index contributed by atoms with van der Waals surface area (Å²) >= 11 is 6.75. The summed E-state index contributed by atoms with van der Waals surface area (Å²) < 4.78 is 37.7. The van der Waals surface area contributed by atoms with Crippen LogP contribution in [0.4, 0.5) is 5.82 Å². The molecule has 0 bridgehead atoms. The van der Waals surface area contributed by atoms with Crippen LogP contribution >= 0.6 is 19.3 Å². The molecule has 4 rings (SSSR count). The molecule has 3 heterocycles. The summed E-state index contributed by atoms with van der Waals surface area (Å²) in [7, 11) is -4.15. The first kappa shape index (κ1) is 27.3. The van der Waals surface area contributed by atoms with Gasteiger partial charge in [-0.25, -0.2) is 14.5 Å². The topological polar surface area (TPSA) is 160 Å². The van der Waals surface area contributed by atoms with Crippen molar-refractivity contribution in [1.29, 1.82) is 0 Å². The van der Waals surface area contributed by atoms with Gasteiger partial charge in [0.2, 0.25) is 0 Å². The van der Waals surface area contributed by atoms with Crippen LogP contribution in [0.2, 0.25) is 0 Å². The number of ether oxygens (including phenoxy) is 2. The average molecular weight is 554 g/mol. The standard InChI is InChI=1S/C23H29ClN5O7P/c1-4-33-21(31)14(2)28-37(32,36-15-8-6-5-7-9-15)34-12-17-18(30)23(3,24)22(35-17)29-11-10-16-19(25)26-13-27-20(16)29/h5-11,13-14,17-18,22,30H,4,12H2,1-3H3,(H,28,32)(H2,25,26,27)/t14-,17+,18+,22+,23+,37?/m0/s1. The number of carbonyl (C=O) groups is 1. The number of nitrogens with two attached hydrogens (primary N) is 1. The molecular weight excluding hydrogens is 525 g/mol. The maximum Gasteiger partial charge on any atom is 0.459 e. The van der Waals surface area contributed by atoms with Crippen molar-refractivity contribution < 1.29 is 33.0 Å². The highest BCUT2D eigenvalue weighted by molar-refractivity contribution is 7.52. The van der Waals surface area contributed by atoms with Gasteiger partial charge in [-0.05, 0) is 39.0 Å². The SMILES string of the molecule is CCOC(=O)[C@H](C)NP(=O)(OC[C@H]1O[C@@H](n2ccc3c(N)ncnc32)[C@](C)(Cl)[C@@H]1O)Oc1ccccc1. The van der Waals surface area contributed by atoms with Crippen LogP contribution in [-0.4, -0.2) is 61.9 Å². The third-order valence-corrected chi connectivity index (χ3v) is 7.93. The Morgan fingerprint density at radius 3 is 2.78 bits per heavy atom. The molecule has 1 aliphatic heterocycles. The summed E-state index contributed by atoms with van der Waals surface area (Å²) in [5, 5.41) is 14.2. The van der Waals surface area contributed by atoms with Gasteiger partial charge in [0.15, 0.2) is 6.23 Å². The lowest BCUT2D eigenvalue weighted by molar-refractivity contribution is -0.144. The maximum absolute atomic E-state index is 13.7. The fraction of sp³-hybridized carbons (Fsp3) is 0.435. The van der Waals surface area contributed by atoms with E-state index >= 15 is 0 Å².